The van der Waals surface area contributed by atoms with Crippen molar-refractivity contribution in [2.75, 3.05) is 7.05 Å². The van der Waals surface area contributed by atoms with E-state index in [9.17, 15) is 8.78 Å². The predicted molar refractivity (Wildman–Crippen MR) is 67.8 cm³/mol. The molecule has 1 atom stereocenters. The fourth-order valence-electron chi connectivity index (χ4n) is 2.76. The summed E-state index contributed by atoms with van der Waals surface area (Å²) in [6.45, 7) is 2.10. The van der Waals surface area contributed by atoms with E-state index in [1.54, 1.807) is 11.3 Å². The molecule has 1 aliphatic rings. The number of nitrogens with one attached hydrogen (secondary N) is 1. The molecule has 1 saturated carbocycles. The summed E-state index contributed by atoms with van der Waals surface area (Å²) >= 11 is 1.72. The van der Waals surface area contributed by atoms with Gasteiger partial charge in [-0.3, -0.25) is 0 Å². The Morgan fingerprint density at radius 3 is 2.53 bits per heavy atom. The first-order valence-electron chi connectivity index (χ1n) is 6.12. The minimum atomic E-state index is -2.43. The molecule has 1 N–H and O–H groups in total. The number of thiophene rings is 1. The lowest BCUT2D eigenvalue weighted by atomic mass is 9.80. The number of alkyl halides is 2. The maximum Gasteiger partial charge on any atom is 0.248 e. The first-order chi connectivity index (χ1) is 8.03. The molecule has 1 aromatic rings. The molecule has 0 radical (unpaired) electrons. The third-order valence-corrected chi connectivity index (χ3v) is 4.64. The minimum absolute atomic E-state index is 0.0407. The molecule has 0 bridgehead atoms. The largest absolute Gasteiger partial charge is 0.313 e. The lowest BCUT2D eigenvalue weighted by Crippen LogP contribution is -2.32. The maximum absolute atomic E-state index is 13.1. The van der Waals surface area contributed by atoms with Gasteiger partial charge in [0.05, 0.1) is 0 Å². The summed E-state index contributed by atoms with van der Waals surface area (Å²) in [6.07, 6.45) is 1.32. The Morgan fingerprint density at radius 2 is 2.06 bits per heavy atom. The van der Waals surface area contributed by atoms with Crippen LogP contribution in [0.5, 0.6) is 0 Å². The molecule has 0 amide bonds. The first kappa shape index (κ1) is 13.0. The molecule has 4 heteroatoms. The Morgan fingerprint density at radius 1 is 1.41 bits per heavy atom. The summed E-state index contributed by atoms with van der Waals surface area (Å²) in [4.78, 5) is 1.29. The van der Waals surface area contributed by atoms with Crippen molar-refractivity contribution in [3.05, 3.63) is 21.9 Å². The van der Waals surface area contributed by atoms with Gasteiger partial charge in [-0.25, -0.2) is 8.78 Å². The number of hydrogen-bond acceptors (Lipinski definition) is 2. The van der Waals surface area contributed by atoms with Gasteiger partial charge in [-0.05, 0) is 49.7 Å². The Kier molecular flexibility index (Phi) is 3.83. The summed E-state index contributed by atoms with van der Waals surface area (Å²) in [5.74, 6) is -2.09. The van der Waals surface area contributed by atoms with E-state index in [0.29, 0.717) is 18.8 Å². The van der Waals surface area contributed by atoms with Crippen molar-refractivity contribution in [2.24, 2.45) is 5.92 Å². The van der Waals surface area contributed by atoms with Crippen molar-refractivity contribution >= 4 is 11.3 Å². The van der Waals surface area contributed by atoms with Crippen molar-refractivity contribution in [3.8, 4) is 0 Å². The number of halogens is 2. The second-order valence-electron chi connectivity index (χ2n) is 4.89. The van der Waals surface area contributed by atoms with E-state index in [-0.39, 0.29) is 18.9 Å². The molecule has 1 heterocycles. The van der Waals surface area contributed by atoms with E-state index in [4.69, 9.17) is 0 Å². The first-order valence-corrected chi connectivity index (χ1v) is 7.00. The second-order valence-corrected chi connectivity index (χ2v) is 6.01. The minimum Gasteiger partial charge on any atom is -0.313 e. The van der Waals surface area contributed by atoms with Crippen molar-refractivity contribution in [2.45, 2.75) is 44.6 Å². The van der Waals surface area contributed by atoms with Crippen molar-refractivity contribution in [3.63, 3.8) is 0 Å². The summed E-state index contributed by atoms with van der Waals surface area (Å²) in [6, 6.07) is 2.35. The van der Waals surface area contributed by atoms with Crippen LogP contribution in [0.4, 0.5) is 8.78 Å². The molecule has 2 rings (SSSR count). The second kappa shape index (κ2) is 5.02. The highest BCUT2D eigenvalue weighted by atomic mass is 32.1. The van der Waals surface area contributed by atoms with Gasteiger partial charge in [0.1, 0.15) is 0 Å². The monoisotopic (exact) mass is 259 g/mol. The van der Waals surface area contributed by atoms with Crippen LogP contribution in [0, 0.1) is 12.8 Å². The molecule has 1 fully saturated rings. The normalized spacial score (nSPS) is 22.6. The summed E-state index contributed by atoms with van der Waals surface area (Å²) in [5.41, 5.74) is 1.28. The van der Waals surface area contributed by atoms with Crippen LogP contribution < -0.4 is 5.32 Å². The van der Waals surface area contributed by atoms with Crippen LogP contribution >= 0.6 is 11.3 Å². The molecule has 1 nitrogen and oxygen atoms in total. The van der Waals surface area contributed by atoms with E-state index in [0.717, 1.165) is 0 Å². The molecular formula is C13H19F2NS. The van der Waals surface area contributed by atoms with Gasteiger partial charge in [0.15, 0.2) is 0 Å². The zero-order valence-corrected chi connectivity index (χ0v) is 11.1. The predicted octanol–water partition coefficient (Wildman–Crippen LogP) is 4.14. The topological polar surface area (TPSA) is 12.0 Å². The van der Waals surface area contributed by atoms with E-state index >= 15 is 0 Å². The molecule has 0 saturated heterocycles. The Labute approximate surface area is 105 Å². The molecular weight excluding hydrogens is 240 g/mol. The molecule has 17 heavy (non-hydrogen) atoms. The maximum atomic E-state index is 13.1. The zero-order valence-electron chi connectivity index (χ0n) is 10.3. The molecule has 1 unspecified atom stereocenters. The molecule has 0 spiro atoms. The van der Waals surface area contributed by atoms with Crippen LogP contribution in [0.15, 0.2) is 11.4 Å². The van der Waals surface area contributed by atoms with Gasteiger partial charge in [0.25, 0.3) is 0 Å². The van der Waals surface area contributed by atoms with Crippen LogP contribution in [-0.2, 0) is 0 Å². The van der Waals surface area contributed by atoms with Gasteiger partial charge in [-0.2, -0.15) is 0 Å². The summed E-state index contributed by atoms with van der Waals surface area (Å²) < 4.78 is 26.3. The zero-order chi connectivity index (χ0) is 12.5. The number of aryl methyl sites for hydroxylation is 1. The van der Waals surface area contributed by atoms with Crippen molar-refractivity contribution in [1.82, 2.24) is 5.32 Å². The van der Waals surface area contributed by atoms with E-state index in [1.165, 1.54) is 10.4 Å². The molecule has 0 aromatic carbocycles. The van der Waals surface area contributed by atoms with Crippen LogP contribution in [0.3, 0.4) is 0 Å². The average molecular weight is 259 g/mol. The fraction of sp³-hybridized carbons (Fsp3) is 0.692. The Balaban J connectivity index is 2.08. The lowest BCUT2D eigenvalue weighted by molar-refractivity contribution is -0.0495. The standard InChI is InChI=1S/C13H19F2NS/c1-9-11(5-8-17-9)12(16-2)10-3-6-13(14,15)7-4-10/h5,8,10,12,16H,3-4,6-7H2,1-2H3. The lowest BCUT2D eigenvalue weighted by Gasteiger charge is -2.33. The van der Waals surface area contributed by atoms with Gasteiger partial charge in [-0.15, -0.1) is 11.3 Å². The quantitative estimate of drug-likeness (QED) is 0.860. The summed E-state index contributed by atoms with van der Waals surface area (Å²) in [7, 11) is 1.93. The third kappa shape index (κ3) is 2.86. The molecule has 0 aliphatic heterocycles. The summed E-state index contributed by atoms with van der Waals surface area (Å²) in [5, 5.41) is 5.38. The van der Waals surface area contributed by atoms with Gasteiger partial charge >= 0.3 is 0 Å². The van der Waals surface area contributed by atoms with Crippen molar-refractivity contribution < 1.29 is 8.78 Å². The number of rotatable bonds is 3. The third-order valence-electron chi connectivity index (χ3n) is 3.78. The highest BCUT2D eigenvalue weighted by Crippen LogP contribution is 2.42. The number of hydrogen-bond donors (Lipinski definition) is 1. The smallest absolute Gasteiger partial charge is 0.248 e. The molecule has 96 valence electrons. The Hall–Kier alpha value is -0.480. The average Bonchev–Trinajstić information content (AvgIpc) is 2.69. The van der Waals surface area contributed by atoms with Crippen molar-refractivity contribution in [1.29, 1.82) is 0 Å². The fourth-order valence-corrected chi connectivity index (χ4v) is 3.51. The van der Waals surface area contributed by atoms with Crippen LogP contribution in [0.2, 0.25) is 0 Å². The van der Waals surface area contributed by atoms with E-state index < -0.39 is 5.92 Å². The SMILES string of the molecule is CNC(c1ccsc1C)C1CCC(F)(F)CC1. The Bertz CT molecular complexity index is 365. The van der Waals surface area contributed by atoms with E-state index in [2.05, 4.69) is 23.7 Å². The van der Waals surface area contributed by atoms with Gasteiger partial charge in [-0.1, -0.05) is 0 Å². The van der Waals surface area contributed by atoms with E-state index in [1.807, 2.05) is 7.05 Å². The van der Waals surface area contributed by atoms with Crippen LogP contribution in [-0.4, -0.2) is 13.0 Å². The molecule has 1 aromatic heterocycles. The van der Waals surface area contributed by atoms with Gasteiger partial charge in [0.2, 0.25) is 5.92 Å². The van der Waals surface area contributed by atoms with Gasteiger partial charge < -0.3 is 5.32 Å². The highest BCUT2D eigenvalue weighted by Gasteiger charge is 2.37. The molecule has 1 aliphatic carbocycles. The van der Waals surface area contributed by atoms with Gasteiger partial charge in [0, 0.05) is 23.8 Å². The van der Waals surface area contributed by atoms with Crippen LogP contribution in [0.25, 0.3) is 0 Å². The van der Waals surface area contributed by atoms with Crippen LogP contribution in [0.1, 0.15) is 42.2 Å². The highest BCUT2D eigenvalue weighted by molar-refractivity contribution is 7.10.